The van der Waals surface area contributed by atoms with E-state index in [9.17, 15) is 9.18 Å². The predicted molar refractivity (Wildman–Crippen MR) is 68.6 cm³/mol. The molecule has 4 heteroatoms. The van der Waals surface area contributed by atoms with Crippen LogP contribution in [0.3, 0.4) is 0 Å². The standard InChI is InChI=1S/C14H19FN2O/c1-10(12-6-2-3-7-13(12)15)17-14(18)9-11-5-4-8-16-11/h2-3,6-7,10-11,16H,4-5,8-9H2,1H3,(H,17,18)/t10-,11?/m1/s1. The van der Waals surface area contributed by atoms with Gasteiger partial charge in [-0.15, -0.1) is 0 Å². The van der Waals surface area contributed by atoms with Crippen LogP contribution in [0.4, 0.5) is 4.39 Å². The molecule has 2 rings (SSSR count). The summed E-state index contributed by atoms with van der Waals surface area (Å²) in [4.78, 5) is 11.8. The molecule has 1 aliphatic rings. The third kappa shape index (κ3) is 3.29. The van der Waals surface area contributed by atoms with Gasteiger partial charge in [-0.1, -0.05) is 18.2 Å². The van der Waals surface area contributed by atoms with Gasteiger partial charge in [0.1, 0.15) is 5.82 Å². The predicted octanol–water partition coefficient (Wildman–Crippen LogP) is 2.14. The van der Waals surface area contributed by atoms with Crippen molar-refractivity contribution in [2.75, 3.05) is 6.54 Å². The van der Waals surface area contributed by atoms with Gasteiger partial charge in [0.05, 0.1) is 6.04 Å². The van der Waals surface area contributed by atoms with Crippen LogP contribution in [0.25, 0.3) is 0 Å². The Bertz CT molecular complexity index is 416. The van der Waals surface area contributed by atoms with Crippen LogP contribution in [0, 0.1) is 5.82 Å². The Kier molecular flexibility index (Phi) is 4.31. The molecule has 0 radical (unpaired) electrons. The van der Waals surface area contributed by atoms with Crippen LogP contribution in [0.15, 0.2) is 24.3 Å². The number of nitrogens with one attached hydrogen (secondary N) is 2. The van der Waals surface area contributed by atoms with Gasteiger partial charge >= 0.3 is 0 Å². The minimum absolute atomic E-state index is 0.0230. The van der Waals surface area contributed by atoms with Gasteiger partial charge < -0.3 is 10.6 Å². The van der Waals surface area contributed by atoms with Gasteiger partial charge in [-0.3, -0.25) is 4.79 Å². The molecule has 0 bridgehead atoms. The SMILES string of the molecule is C[C@@H](NC(=O)CC1CCCN1)c1ccccc1F. The number of carbonyl (C=O) groups is 1. The summed E-state index contributed by atoms with van der Waals surface area (Å²) in [6, 6.07) is 6.53. The van der Waals surface area contributed by atoms with Crippen molar-refractivity contribution >= 4 is 5.91 Å². The Hall–Kier alpha value is -1.42. The number of rotatable bonds is 4. The molecule has 18 heavy (non-hydrogen) atoms. The lowest BCUT2D eigenvalue weighted by atomic mass is 10.1. The van der Waals surface area contributed by atoms with E-state index < -0.39 is 0 Å². The van der Waals surface area contributed by atoms with E-state index in [1.54, 1.807) is 25.1 Å². The van der Waals surface area contributed by atoms with E-state index in [-0.39, 0.29) is 23.8 Å². The minimum atomic E-state index is -0.292. The monoisotopic (exact) mass is 250 g/mol. The molecule has 0 saturated carbocycles. The summed E-state index contributed by atoms with van der Waals surface area (Å²) in [5.74, 6) is -0.297. The van der Waals surface area contributed by atoms with Crippen molar-refractivity contribution in [1.82, 2.24) is 10.6 Å². The highest BCUT2D eigenvalue weighted by molar-refractivity contribution is 5.77. The molecular formula is C14H19FN2O. The lowest BCUT2D eigenvalue weighted by Crippen LogP contribution is -2.33. The second-order valence-corrected chi connectivity index (χ2v) is 4.81. The minimum Gasteiger partial charge on any atom is -0.349 e. The molecule has 98 valence electrons. The molecule has 0 spiro atoms. The molecule has 1 amide bonds. The molecule has 0 aromatic heterocycles. The third-order valence-electron chi connectivity index (χ3n) is 3.34. The highest BCUT2D eigenvalue weighted by atomic mass is 19.1. The zero-order valence-electron chi connectivity index (χ0n) is 10.6. The first-order chi connectivity index (χ1) is 8.66. The maximum Gasteiger partial charge on any atom is 0.222 e. The van der Waals surface area contributed by atoms with Gasteiger partial charge in [-0.25, -0.2) is 4.39 Å². The maximum absolute atomic E-state index is 13.5. The second kappa shape index (κ2) is 5.96. The number of halogens is 1. The summed E-state index contributed by atoms with van der Waals surface area (Å²) in [5, 5.41) is 6.12. The van der Waals surface area contributed by atoms with Gasteiger partial charge in [0.2, 0.25) is 5.91 Å². The summed E-state index contributed by atoms with van der Waals surface area (Å²) in [7, 11) is 0. The normalized spacial score (nSPS) is 20.7. The van der Waals surface area contributed by atoms with Crippen molar-refractivity contribution in [3.05, 3.63) is 35.6 Å². The van der Waals surface area contributed by atoms with Crippen molar-refractivity contribution in [2.24, 2.45) is 0 Å². The molecular weight excluding hydrogens is 231 g/mol. The Balaban J connectivity index is 1.88. The third-order valence-corrected chi connectivity index (χ3v) is 3.34. The largest absolute Gasteiger partial charge is 0.349 e. The maximum atomic E-state index is 13.5. The van der Waals surface area contributed by atoms with E-state index in [1.165, 1.54) is 6.07 Å². The van der Waals surface area contributed by atoms with Crippen molar-refractivity contribution < 1.29 is 9.18 Å². The number of amides is 1. The highest BCUT2D eigenvalue weighted by Gasteiger charge is 2.19. The molecule has 0 aliphatic carbocycles. The molecule has 1 heterocycles. The quantitative estimate of drug-likeness (QED) is 0.859. The van der Waals surface area contributed by atoms with Crippen molar-refractivity contribution in [3.8, 4) is 0 Å². The smallest absolute Gasteiger partial charge is 0.222 e. The van der Waals surface area contributed by atoms with E-state index >= 15 is 0 Å². The zero-order valence-corrected chi connectivity index (χ0v) is 10.6. The van der Waals surface area contributed by atoms with Crippen molar-refractivity contribution in [1.29, 1.82) is 0 Å². The Labute approximate surface area is 107 Å². The molecule has 1 unspecified atom stereocenters. The second-order valence-electron chi connectivity index (χ2n) is 4.81. The molecule has 1 fully saturated rings. The fourth-order valence-corrected chi connectivity index (χ4v) is 2.36. The molecule has 2 N–H and O–H groups in total. The topological polar surface area (TPSA) is 41.1 Å². The van der Waals surface area contributed by atoms with Crippen LogP contribution in [-0.4, -0.2) is 18.5 Å². The van der Waals surface area contributed by atoms with Crippen LogP contribution in [0.2, 0.25) is 0 Å². The van der Waals surface area contributed by atoms with E-state index in [1.807, 2.05) is 0 Å². The lowest BCUT2D eigenvalue weighted by Gasteiger charge is -2.16. The Morgan fingerprint density at radius 3 is 3.00 bits per heavy atom. The van der Waals surface area contributed by atoms with Gasteiger partial charge in [0, 0.05) is 18.0 Å². The van der Waals surface area contributed by atoms with Gasteiger partial charge in [-0.2, -0.15) is 0 Å². The summed E-state index contributed by atoms with van der Waals surface area (Å²) in [6.07, 6.45) is 2.64. The van der Waals surface area contributed by atoms with Crippen molar-refractivity contribution in [2.45, 2.75) is 38.3 Å². The first-order valence-corrected chi connectivity index (χ1v) is 6.44. The Morgan fingerprint density at radius 1 is 1.56 bits per heavy atom. The van der Waals surface area contributed by atoms with Crippen LogP contribution in [0.5, 0.6) is 0 Å². The lowest BCUT2D eigenvalue weighted by molar-refractivity contribution is -0.122. The summed E-state index contributed by atoms with van der Waals surface area (Å²) < 4.78 is 13.5. The van der Waals surface area contributed by atoms with E-state index in [0.717, 1.165) is 19.4 Å². The van der Waals surface area contributed by atoms with Gasteiger partial charge in [0.15, 0.2) is 0 Å². The molecule has 1 aromatic rings. The summed E-state index contributed by atoms with van der Waals surface area (Å²) in [6.45, 7) is 2.79. The van der Waals surface area contributed by atoms with Crippen molar-refractivity contribution in [3.63, 3.8) is 0 Å². The average molecular weight is 250 g/mol. The fourth-order valence-electron chi connectivity index (χ4n) is 2.36. The summed E-state index contributed by atoms with van der Waals surface area (Å²) in [5.41, 5.74) is 0.533. The zero-order chi connectivity index (χ0) is 13.0. The van der Waals surface area contributed by atoms with Crippen LogP contribution < -0.4 is 10.6 Å². The number of hydrogen-bond acceptors (Lipinski definition) is 2. The van der Waals surface area contributed by atoms with E-state index in [4.69, 9.17) is 0 Å². The average Bonchev–Trinajstić information content (AvgIpc) is 2.82. The van der Waals surface area contributed by atoms with E-state index in [2.05, 4.69) is 10.6 Å². The highest BCUT2D eigenvalue weighted by Crippen LogP contribution is 2.16. The first-order valence-electron chi connectivity index (χ1n) is 6.44. The first kappa shape index (κ1) is 13.0. The van der Waals surface area contributed by atoms with Crippen LogP contribution in [0.1, 0.15) is 37.8 Å². The van der Waals surface area contributed by atoms with Crippen LogP contribution in [-0.2, 0) is 4.79 Å². The van der Waals surface area contributed by atoms with Gasteiger partial charge in [0.25, 0.3) is 0 Å². The number of carbonyl (C=O) groups excluding carboxylic acids is 1. The molecule has 1 aliphatic heterocycles. The van der Waals surface area contributed by atoms with Crippen LogP contribution >= 0.6 is 0 Å². The molecule has 1 aromatic carbocycles. The number of benzene rings is 1. The number of hydrogen-bond donors (Lipinski definition) is 2. The molecule has 3 nitrogen and oxygen atoms in total. The van der Waals surface area contributed by atoms with E-state index in [0.29, 0.717) is 12.0 Å². The summed E-state index contributed by atoms with van der Waals surface area (Å²) >= 11 is 0. The molecule has 2 atom stereocenters. The molecule has 1 saturated heterocycles. The Morgan fingerprint density at radius 2 is 2.33 bits per heavy atom. The fraction of sp³-hybridized carbons (Fsp3) is 0.500. The van der Waals surface area contributed by atoms with Gasteiger partial charge in [-0.05, 0) is 32.4 Å².